The molecule has 95 heavy (non-hydrogen) atoms. The summed E-state index contributed by atoms with van der Waals surface area (Å²) in [6.45, 7) is -0.135. The molecule has 2 aliphatic carbocycles. The third-order valence-electron chi connectivity index (χ3n) is 23.3. The van der Waals surface area contributed by atoms with Crippen molar-refractivity contribution in [3.63, 3.8) is 0 Å². The molecule has 4 bridgehead atoms. The van der Waals surface area contributed by atoms with E-state index in [-0.39, 0.29) is 6.71 Å². The number of nitrogens with zero attached hydrogens (tertiary/aromatic N) is 3. The van der Waals surface area contributed by atoms with Crippen molar-refractivity contribution >= 4 is 149 Å². The van der Waals surface area contributed by atoms with Gasteiger partial charge in [0.05, 0.1) is 0 Å². The van der Waals surface area contributed by atoms with Crippen molar-refractivity contribution in [1.82, 2.24) is 0 Å². The maximum atomic E-state index is 2.93. The van der Waals surface area contributed by atoms with Gasteiger partial charge in [0.1, 0.15) is 0 Å². The molecule has 4 heteroatoms. The third-order valence-corrected chi connectivity index (χ3v) is 23.3. The normalized spacial score (nSPS) is 17.8. The van der Waals surface area contributed by atoms with Crippen LogP contribution in [0.3, 0.4) is 0 Å². The van der Waals surface area contributed by atoms with E-state index in [0.29, 0.717) is 12.1 Å². The molecule has 0 atom stereocenters. The number of rotatable bonds is 7. The van der Waals surface area contributed by atoms with Crippen LogP contribution in [0.15, 0.2) is 291 Å². The zero-order valence-corrected chi connectivity index (χ0v) is 52.5. The zero-order valence-electron chi connectivity index (χ0n) is 52.5. The van der Waals surface area contributed by atoms with Crippen LogP contribution in [-0.4, -0.2) is 18.8 Å². The quantitative estimate of drug-likeness (QED) is 0.0895. The molecule has 3 nitrogen and oxygen atoms in total. The highest BCUT2D eigenvalue weighted by atomic mass is 15.2. The molecule has 6 aliphatic rings. The van der Waals surface area contributed by atoms with Crippen LogP contribution in [0, 0.1) is 11.8 Å². The van der Waals surface area contributed by atoms with E-state index in [2.05, 4.69) is 306 Å². The zero-order chi connectivity index (χ0) is 61.7. The van der Waals surface area contributed by atoms with Crippen LogP contribution in [0.25, 0.3) is 131 Å². The fraction of sp³-hybridized carbons (Fsp3) is 0.0989. The average molecular weight is 1210 g/mol. The fourth-order valence-corrected chi connectivity index (χ4v) is 19.5. The van der Waals surface area contributed by atoms with Crippen LogP contribution in [0.2, 0.25) is 0 Å². The molecule has 0 aromatic heterocycles. The van der Waals surface area contributed by atoms with E-state index in [1.165, 1.54) is 208 Å². The summed E-state index contributed by atoms with van der Waals surface area (Å²) < 4.78 is 0. The number of hydrogen-bond acceptors (Lipinski definition) is 3. The van der Waals surface area contributed by atoms with Gasteiger partial charge in [-0.05, 0) is 264 Å². The molecule has 0 unspecified atom stereocenters. The highest BCUT2D eigenvalue weighted by Crippen LogP contribution is 2.55. The Morgan fingerprint density at radius 2 is 0.600 bits per heavy atom. The van der Waals surface area contributed by atoms with Gasteiger partial charge in [0.15, 0.2) is 0 Å². The molecule has 2 saturated carbocycles. The van der Waals surface area contributed by atoms with Gasteiger partial charge in [0.25, 0.3) is 6.71 Å². The monoisotopic (exact) mass is 1210 g/mol. The summed E-state index contributed by atoms with van der Waals surface area (Å²) in [5.74, 6) is 1.66. The molecular formula is C91H62BN3. The fourth-order valence-electron chi connectivity index (χ4n) is 19.5. The minimum absolute atomic E-state index is 0.135. The van der Waals surface area contributed by atoms with Crippen molar-refractivity contribution < 1.29 is 0 Å². The molecule has 0 N–H and O–H groups in total. The van der Waals surface area contributed by atoms with Gasteiger partial charge in [-0.1, -0.05) is 218 Å². The van der Waals surface area contributed by atoms with E-state index in [0.717, 1.165) is 23.2 Å². The molecule has 17 aromatic rings. The molecule has 2 saturated heterocycles. The Morgan fingerprint density at radius 3 is 1.01 bits per heavy atom. The van der Waals surface area contributed by atoms with Gasteiger partial charge < -0.3 is 14.7 Å². The van der Waals surface area contributed by atoms with Gasteiger partial charge in [0.2, 0.25) is 0 Å². The molecule has 4 heterocycles. The largest absolute Gasteiger partial charge is 0.365 e. The lowest BCUT2D eigenvalue weighted by atomic mass is 9.33. The summed E-state index contributed by atoms with van der Waals surface area (Å²) in [6, 6.07) is 113. The van der Waals surface area contributed by atoms with Crippen molar-refractivity contribution in [3.05, 3.63) is 291 Å². The molecule has 0 amide bonds. The summed E-state index contributed by atoms with van der Waals surface area (Å²) >= 11 is 0. The third kappa shape index (κ3) is 7.60. The van der Waals surface area contributed by atoms with E-state index < -0.39 is 0 Å². The first-order valence-corrected chi connectivity index (χ1v) is 34.4. The van der Waals surface area contributed by atoms with Crippen molar-refractivity contribution in [2.75, 3.05) is 14.7 Å². The van der Waals surface area contributed by atoms with Crippen molar-refractivity contribution in [2.24, 2.45) is 11.8 Å². The molecule has 17 aromatic carbocycles. The van der Waals surface area contributed by atoms with Crippen LogP contribution in [0.4, 0.5) is 39.8 Å². The Kier molecular flexibility index (Phi) is 10.8. The van der Waals surface area contributed by atoms with Crippen LogP contribution >= 0.6 is 0 Å². The molecule has 0 spiro atoms. The second-order valence-corrected chi connectivity index (χ2v) is 28.3. The lowest BCUT2D eigenvalue weighted by molar-refractivity contribution is 0.0900. The van der Waals surface area contributed by atoms with Crippen LogP contribution < -0.4 is 31.1 Å². The van der Waals surface area contributed by atoms with E-state index in [9.17, 15) is 0 Å². The second kappa shape index (κ2) is 19.7. The van der Waals surface area contributed by atoms with Gasteiger partial charge in [-0.25, -0.2) is 0 Å². The van der Waals surface area contributed by atoms with Crippen molar-refractivity contribution in [1.29, 1.82) is 0 Å². The lowest BCUT2D eigenvalue weighted by Crippen LogP contribution is -2.62. The maximum Gasteiger partial charge on any atom is 0.252 e. The summed E-state index contributed by atoms with van der Waals surface area (Å²) in [5.41, 5.74) is 22.3. The summed E-state index contributed by atoms with van der Waals surface area (Å²) in [7, 11) is 0. The SMILES string of the molecule is c1ccc(-c2ccc(N3c4ccc(-c5cc6cccc7c8cccc9cccc(c(c5)c67)c98)cc4B4c5cc(-c6cc7cccc8c9cccc%10cccc(c(c6)c78)c%109)ccc5N(c5ccc(-c6ccccc6)cc5)c5cc(N6C7CC8CC(C7)CC6C8)cc3c54)cc2)cc1. The molecule has 444 valence electrons. The Bertz CT molecular complexity index is 5670. The Labute approximate surface area is 552 Å². The standard InChI is InChI=1S/C91H62BN3/c1-3-13-56(14-4-1)58-29-35-68(36-30-58)94-83-39-33-62(66-46-64-21-11-25-75-73-23-7-17-60-19-9-27-77(87(60)73)79(48-66)89(64)75)50-81(83)92-82-51-63(67-47-65-22-12-26-76-74-24-8-18-61-20-10-28-78(88(61)74)80(49-67)90(65)76)34-40-84(82)95(69-37-31-59(32-38-69)57-15-5-2-6-16-57)86-53-72(52-85(94)91(86)92)93-70-42-54-41-55(44-70)45-71(93)43-54/h1-40,46-55,70-71H,41-45H2. The molecule has 23 rings (SSSR count). The minimum atomic E-state index is -0.135. The number of hydrogen-bond donors (Lipinski definition) is 0. The van der Waals surface area contributed by atoms with Gasteiger partial charge in [-0.3, -0.25) is 0 Å². The number of piperidine rings is 2. The Morgan fingerprint density at radius 1 is 0.242 bits per heavy atom. The number of fused-ring (bicyclic) bond motifs is 8. The first-order valence-electron chi connectivity index (χ1n) is 34.4. The first-order chi connectivity index (χ1) is 47.0. The lowest BCUT2D eigenvalue weighted by Gasteiger charge is -2.58. The van der Waals surface area contributed by atoms with Gasteiger partial charge in [-0.15, -0.1) is 0 Å². The van der Waals surface area contributed by atoms with Crippen LogP contribution in [0.5, 0.6) is 0 Å². The highest BCUT2D eigenvalue weighted by molar-refractivity contribution is 7.00. The Balaban J connectivity index is 0.825. The van der Waals surface area contributed by atoms with Gasteiger partial charge in [-0.2, -0.15) is 0 Å². The summed E-state index contributed by atoms with van der Waals surface area (Å²) in [6.07, 6.45) is 6.55. The smallest absolute Gasteiger partial charge is 0.252 e. The average Bonchev–Trinajstić information content (AvgIpc) is 0.694. The second-order valence-electron chi connectivity index (χ2n) is 28.3. The predicted octanol–water partition coefficient (Wildman–Crippen LogP) is 22.3. The van der Waals surface area contributed by atoms with E-state index >= 15 is 0 Å². The van der Waals surface area contributed by atoms with Gasteiger partial charge in [0, 0.05) is 51.9 Å². The summed E-state index contributed by atoms with van der Waals surface area (Å²) in [4.78, 5) is 8.25. The summed E-state index contributed by atoms with van der Waals surface area (Å²) in [5, 5.41) is 20.9. The predicted molar refractivity (Wildman–Crippen MR) is 405 cm³/mol. The van der Waals surface area contributed by atoms with Crippen molar-refractivity contribution in [3.8, 4) is 44.5 Å². The maximum absolute atomic E-state index is 2.93. The Hall–Kier alpha value is -11.2. The first kappa shape index (κ1) is 52.3. The molecule has 4 aliphatic heterocycles. The van der Waals surface area contributed by atoms with Crippen molar-refractivity contribution in [2.45, 2.75) is 44.2 Å². The molecular weight excluding hydrogens is 1150 g/mol. The van der Waals surface area contributed by atoms with E-state index in [4.69, 9.17) is 0 Å². The van der Waals surface area contributed by atoms with Gasteiger partial charge >= 0.3 is 0 Å². The van der Waals surface area contributed by atoms with Crippen LogP contribution in [-0.2, 0) is 0 Å². The van der Waals surface area contributed by atoms with E-state index in [1.807, 2.05) is 0 Å². The van der Waals surface area contributed by atoms with Crippen LogP contribution in [0.1, 0.15) is 32.1 Å². The number of anilines is 7. The molecule has 4 fully saturated rings. The number of benzene rings is 17. The topological polar surface area (TPSA) is 9.72 Å². The highest BCUT2D eigenvalue weighted by Gasteiger charge is 2.49. The molecule has 0 radical (unpaired) electrons. The minimum Gasteiger partial charge on any atom is -0.365 e. The van der Waals surface area contributed by atoms with E-state index in [1.54, 1.807) is 0 Å².